The number of aliphatic hydroxyl groups is 2. The maximum atomic E-state index is 11.2. The molecule has 2 N–H and O–H groups in total. The highest BCUT2D eigenvalue weighted by Crippen LogP contribution is 2.64. The zero-order valence-corrected chi connectivity index (χ0v) is 19.6. The fourth-order valence-corrected chi connectivity index (χ4v) is 8.68. The van der Waals surface area contributed by atoms with E-state index in [9.17, 15) is 10.2 Å². The Morgan fingerprint density at radius 3 is 2.43 bits per heavy atom. The molecule has 1 aliphatic heterocycles. The van der Waals surface area contributed by atoms with Crippen molar-refractivity contribution >= 4 is 0 Å². The second kappa shape index (κ2) is 7.78. The number of rotatable bonds is 2. The zero-order valence-electron chi connectivity index (χ0n) is 19.6. The van der Waals surface area contributed by atoms with Gasteiger partial charge in [-0.05, 0) is 112 Å². The van der Waals surface area contributed by atoms with Crippen LogP contribution in [0.5, 0.6) is 0 Å². The average Bonchev–Trinajstić information content (AvgIpc) is 3.06. The fraction of sp³-hybridized carbons (Fsp3) is 0.923. The van der Waals surface area contributed by atoms with Crippen molar-refractivity contribution < 1.29 is 10.2 Å². The lowest BCUT2D eigenvalue weighted by Gasteiger charge is -2.56. The molecule has 0 unspecified atom stereocenters. The van der Waals surface area contributed by atoms with E-state index in [0.29, 0.717) is 5.76 Å². The molecule has 5 fully saturated rings. The number of piperazine rings is 1. The van der Waals surface area contributed by atoms with Gasteiger partial charge in [0.05, 0.1) is 12.1 Å². The first kappa shape index (κ1) is 21.3. The summed E-state index contributed by atoms with van der Waals surface area (Å²) in [5, 5.41) is 21.8. The van der Waals surface area contributed by atoms with Gasteiger partial charge in [-0.15, -0.1) is 0 Å². The van der Waals surface area contributed by atoms with E-state index < -0.39 is 5.60 Å². The van der Waals surface area contributed by atoms with Crippen molar-refractivity contribution in [1.82, 2.24) is 9.80 Å². The van der Waals surface area contributed by atoms with Crippen LogP contribution in [0.25, 0.3) is 0 Å². The van der Waals surface area contributed by atoms with Crippen LogP contribution in [0.3, 0.4) is 0 Å². The number of hydrogen-bond acceptors (Lipinski definition) is 4. The van der Waals surface area contributed by atoms with Crippen molar-refractivity contribution in [2.24, 2.45) is 35.0 Å². The number of nitrogens with zero attached hydrogens (tertiary/aromatic N) is 2. The van der Waals surface area contributed by atoms with Crippen LogP contribution < -0.4 is 0 Å². The molecule has 0 radical (unpaired) electrons. The van der Waals surface area contributed by atoms with Crippen LogP contribution >= 0.6 is 0 Å². The van der Waals surface area contributed by atoms with E-state index >= 15 is 0 Å². The van der Waals surface area contributed by atoms with Gasteiger partial charge in [0.1, 0.15) is 5.76 Å². The quantitative estimate of drug-likeness (QED) is 0.653. The van der Waals surface area contributed by atoms with Crippen molar-refractivity contribution in [3.63, 3.8) is 0 Å². The van der Waals surface area contributed by atoms with E-state index in [0.717, 1.165) is 81.6 Å². The third-order valence-corrected chi connectivity index (χ3v) is 10.3. The first-order chi connectivity index (χ1) is 14.3. The molecule has 7 atom stereocenters. The molecule has 1 heterocycles. The lowest BCUT2D eigenvalue weighted by molar-refractivity contribution is -0.0902. The molecule has 30 heavy (non-hydrogen) atoms. The molecule has 0 spiro atoms. The number of allylic oxidation sites excluding steroid dienone is 1. The topological polar surface area (TPSA) is 46.9 Å². The Morgan fingerprint density at radius 1 is 0.933 bits per heavy atom. The molecule has 4 saturated carbocycles. The molecule has 1 saturated heterocycles. The maximum absolute atomic E-state index is 11.2. The molecule has 4 nitrogen and oxygen atoms in total. The van der Waals surface area contributed by atoms with Gasteiger partial charge >= 0.3 is 0 Å². The minimum absolute atomic E-state index is 0.227. The molecule has 0 bridgehead atoms. The third-order valence-electron chi connectivity index (χ3n) is 10.3. The molecular weight excluding hydrogens is 372 g/mol. The highest BCUT2D eigenvalue weighted by Gasteiger charge is 2.56. The Kier molecular flexibility index (Phi) is 5.51. The lowest BCUT2D eigenvalue weighted by atomic mass is 9.49. The number of fused-ring (bicyclic) bond motifs is 5. The van der Waals surface area contributed by atoms with E-state index in [1.807, 2.05) is 0 Å². The van der Waals surface area contributed by atoms with E-state index in [1.165, 1.54) is 44.1 Å². The van der Waals surface area contributed by atoms with Gasteiger partial charge in [-0.25, -0.2) is 0 Å². The molecule has 0 aromatic carbocycles. The Bertz CT molecular complexity index is 681. The van der Waals surface area contributed by atoms with Crippen molar-refractivity contribution in [3.05, 3.63) is 11.3 Å². The molecule has 4 heteroatoms. The summed E-state index contributed by atoms with van der Waals surface area (Å²) < 4.78 is 0. The minimum atomic E-state index is -0.421. The van der Waals surface area contributed by atoms with Crippen LogP contribution in [-0.2, 0) is 0 Å². The summed E-state index contributed by atoms with van der Waals surface area (Å²) in [4.78, 5) is 4.83. The smallest absolute Gasteiger partial charge is 0.106 e. The summed E-state index contributed by atoms with van der Waals surface area (Å²) in [7, 11) is 2.19. The van der Waals surface area contributed by atoms with Gasteiger partial charge in [-0.3, -0.25) is 4.90 Å². The predicted octanol–water partition coefficient (Wildman–Crippen LogP) is 4.45. The number of likely N-dealkylation sites (N-methyl/N-ethyl adjacent to an activating group) is 1. The summed E-state index contributed by atoms with van der Waals surface area (Å²) >= 11 is 0. The van der Waals surface area contributed by atoms with E-state index in [1.54, 1.807) is 0 Å². The Morgan fingerprint density at radius 2 is 1.67 bits per heavy atom. The molecule has 0 amide bonds. The number of hydrogen-bond donors (Lipinski definition) is 2. The van der Waals surface area contributed by atoms with Crippen LogP contribution in [0.1, 0.15) is 71.6 Å². The maximum Gasteiger partial charge on any atom is 0.106 e. The van der Waals surface area contributed by atoms with Gasteiger partial charge in [-0.1, -0.05) is 6.92 Å². The van der Waals surface area contributed by atoms with Crippen LogP contribution in [0.15, 0.2) is 11.3 Å². The van der Waals surface area contributed by atoms with Gasteiger partial charge < -0.3 is 15.1 Å². The van der Waals surface area contributed by atoms with Crippen LogP contribution in [-0.4, -0.2) is 65.4 Å². The molecule has 0 aromatic heterocycles. The van der Waals surface area contributed by atoms with E-state index in [2.05, 4.69) is 30.7 Å². The standard InChI is InChI=1S/C26H44N2O2/c1-25(30)10-8-19-18(16-25)4-5-21-20(19)9-11-26(2)22(21)6-7-23(26)24(29)17-28-14-12-27(3)13-15-28/h18-22,29-30H,4-17H2,1-3H3/b24-23+/t18-,19-,20+,21+,22-,25+,26-/m0/s1. The average molecular weight is 417 g/mol. The largest absolute Gasteiger partial charge is 0.511 e. The van der Waals surface area contributed by atoms with Crippen LogP contribution in [0.4, 0.5) is 0 Å². The second-order valence-electron chi connectivity index (χ2n) is 12.2. The van der Waals surface area contributed by atoms with E-state index in [4.69, 9.17) is 0 Å². The lowest BCUT2D eigenvalue weighted by Crippen LogP contribution is -2.50. The van der Waals surface area contributed by atoms with Gasteiger partial charge in [0.15, 0.2) is 0 Å². The first-order valence-corrected chi connectivity index (χ1v) is 12.8. The monoisotopic (exact) mass is 416 g/mol. The summed E-state index contributed by atoms with van der Waals surface area (Å²) in [6.07, 6.45) is 10.9. The van der Waals surface area contributed by atoms with Crippen LogP contribution in [0, 0.1) is 35.0 Å². The van der Waals surface area contributed by atoms with E-state index in [-0.39, 0.29) is 5.41 Å². The molecule has 5 aliphatic rings. The van der Waals surface area contributed by atoms with Gasteiger partial charge in [0.2, 0.25) is 0 Å². The van der Waals surface area contributed by atoms with Gasteiger partial charge in [-0.2, -0.15) is 0 Å². The summed E-state index contributed by atoms with van der Waals surface area (Å²) in [6.45, 7) is 9.69. The van der Waals surface area contributed by atoms with Crippen LogP contribution in [0.2, 0.25) is 0 Å². The fourth-order valence-electron chi connectivity index (χ4n) is 8.68. The molecular formula is C26H44N2O2. The molecule has 170 valence electrons. The van der Waals surface area contributed by atoms with Crippen molar-refractivity contribution in [2.45, 2.75) is 77.2 Å². The van der Waals surface area contributed by atoms with Gasteiger partial charge in [0, 0.05) is 26.2 Å². The Balaban J connectivity index is 1.30. The summed E-state index contributed by atoms with van der Waals surface area (Å²) in [6, 6.07) is 0. The van der Waals surface area contributed by atoms with Crippen molar-refractivity contribution in [1.29, 1.82) is 0 Å². The highest BCUT2D eigenvalue weighted by atomic mass is 16.3. The summed E-state index contributed by atoms with van der Waals surface area (Å²) in [5.74, 6) is 4.80. The zero-order chi connectivity index (χ0) is 21.1. The summed E-state index contributed by atoms with van der Waals surface area (Å²) in [5.41, 5.74) is 1.22. The Hall–Kier alpha value is -0.580. The molecule has 0 aromatic rings. The first-order valence-electron chi connectivity index (χ1n) is 12.8. The molecule has 5 rings (SSSR count). The normalized spacial score (nSPS) is 49.3. The highest BCUT2D eigenvalue weighted by molar-refractivity contribution is 5.27. The number of aliphatic hydroxyl groups excluding tert-OH is 1. The third kappa shape index (κ3) is 3.65. The minimum Gasteiger partial charge on any atom is -0.511 e. The Labute approximate surface area is 183 Å². The molecule has 4 aliphatic carbocycles. The van der Waals surface area contributed by atoms with Crippen molar-refractivity contribution in [2.75, 3.05) is 39.8 Å². The van der Waals surface area contributed by atoms with Crippen molar-refractivity contribution in [3.8, 4) is 0 Å². The predicted molar refractivity (Wildman–Crippen MR) is 121 cm³/mol. The van der Waals surface area contributed by atoms with Gasteiger partial charge in [0.25, 0.3) is 0 Å². The second-order valence-corrected chi connectivity index (χ2v) is 12.2. The SMILES string of the molecule is CN1CCN(C/C(O)=C2/CC[C@H]3[C@@H]4CC[C@H]5C[C@](C)(O)CC[C@@H]5[C@H]4CC[C@]23C)CC1.